The summed E-state index contributed by atoms with van der Waals surface area (Å²) in [6.45, 7) is 5.92. The number of benzene rings is 1. The normalized spacial score (nSPS) is 14.7. The van der Waals surface area contributed by atoms with Gasteiger partial charge in [-0.25, -0.2) is 8.42 Å². The lowest BCUT2D eigenvalue weighted by atomic mass is 10.1. The first-order valence-electron chi connectivity index (χ1n) is 7.25. The molecule has 0 radical (unpaired) electrons. The zero-order valence-corrected chi connectivity index (χ0v) is 14.6. The summed E-state index contributed by atoms with van der Waals surface area (Å²) in [4.78, 5) is 12.2. The predicted molar refractivity (Wildman–Crippen MR) is 87.4 cm³/mol. The van der Waals surface area contributed by atoms with Crippen LogP contribution >= 0.6 is 0 Å². The lowest BCUT2D eigenvalue weighted by Gasteiger charge is -2.32. The van der Waals surface area contributed by atoms with E-state index in [1.54, 1.807) is 39.0 Å². The van der Waals surface area contributed by atoms with E-state index in [4.69, 9.17) is 9.47 Å². The second-order valence-electron chi connectivity index (χ2n) is 6.35. The first-order chi connectivity index (χ1) is 10.6. The summed E-state index contributed by atoms with van der Waals surface area (Å²) in [5, 5.41) is 2.69. The number of hydrogen-bond donors (Lipinski definition) is 1. The summed E-state index contributed by atoms with van der Waals surface area (Å²) in [5.74, 6) is 0.772. The van der Waals surface area contributed by atoms with Crippen LogP contribution in [0.3, 0.4) is 0 Å². The van der Waals surface area contributed by atoms with Crippen molar-refractivity contribution in [1.82, 2.24) is 4.31 Å². The van der Waals surface area contributed by atoms with E-state index in [9.17, 15) is 13.2 Å². The second-order valence-corrected chi connectivity index (χ2v) is 8.25. The van der Waals surface area contributed by atoms with Crippen LogP contribution < -0.4 is 14.8 Å². The monoisotopic (exact) mass is 342 g/mol. The van der Waals surface area contributed by atoms with Crippen molar-refractivity contribution in [1.29, 1.82) is 0 Å². The molecule has 1 heterocycles. The molecule has 0 atom stereocenters. The zero-order chi connectivity index (χ0) is 17.3. The van der Waals surface area contributed by atoms with Gasteiger partial charge in [0.15, 0.2) is 11.5 Å². The number of nitrogens with zero attached hydrogens (tertiary/aromatic N) is 1. The van der Waals surface area contributed by atoms with Crippen molar-refractivity contribution >= 4 is 21.6 Å². The number of carbonyl (C=O) groups excluding carboxylic acids is 1. The number of hydrogen-bond acceptors (Lipinski definition) is 5. The average molecular weight is 342 g/mol. The minimum absolute atomic E-state index is 0.253. The SMILES string of the molecule is CC(C)(C)N(CC(=O)Nc1ccc2c(c1)OCCO2)S(C)(=O)=O. The largest absolute Gasteiger partial charge is 0.486 e. The number of sulfonamides is 1. The van der Waals surface area contributed by atoms with Crippen LogP contribution in [0.5, 0.6) is 11.5 Å². The Kier molecular flexibility index (Phi) is 4.86. The van der Waals surface area contributed by atoms with Crippen LogP contribution in [0.2, 0.25) is 0 Å². The molecule has 1 aromatic carbocycles. The van der Waals surface area contributed by atoms with Crippen LogP contribution in [0.15, 0.2) is 18.2 Å². The Morgan fingerprint density at radius 3 is 2.39 bits per heavy atom. The number of fused-ring (bicyclic) bond motifs is 1. The van der Waals surface area contributed by atoms with Gasteiger partial charge < -0.3 is 14.8 Å². The highest BCUT2D eigenvalue weighted by molar-refractivity contribution is 7.88. The van der Waals surface area contributed by atoms with E-state index in [0.717, 1.165) is 10.6 Å². The van der Waals surface area contributed by atoms with Gasteiger partial charge in [-0.05, 0) is 32.9 Å². The maximum absolute atomic E-state index is 12.2. The fraction of sp³-hybridized carbons (Fsp3) is 0.533. The van der Waals surface area contributed by atoms with E-state index < -0.39 is 21.5 Å². The molecule has 7 nitrogen and oxygen atoms in total. The fourth-order valence-corrected chi connectivity index (χ4v) is 3.65. The molecule has 0 aliphatic carbocycles. The Morgan fingerprint density at radius 2 is 1.83 bits per heavy atom. The third kappa shape index (κ3) is 4.59. The van der Waals surface area contributed by atoms with Gasteiger partial charge >= 0.3 is 0 Å². The predicted octanol–water partition coefficient (Wildman–Crippen LogP) is 1.46. The summed E-state index contributed by atoms with van der Waals surface area (Å²) in [7, 11) is -3.50. The Hall–Kier alpha value is -1.80. The fourth-order valence-electron chi connectivity index (χ4n) is 2.30. The lowest BCUT2D eigenvalue weighted by molar-refractivity contribution is -0.117. The first kappa shape index (κ1) is 17.6. The summed E-state index contributed by atoms with van der Waals surface area (Å²) in [6.07, 6.45) is 1.09. The van der Waals surface area contributed by atoms with Crippen molar-refractivity contribution in [3.8, 4) is 11.5 Å². The van der Waals surface area contributed by atoms with E-state index >= 15 is 0 Å². The Balaban J connectivity index is 2.09. The number of rotatable bonds is 4. The minimum atomic E-state index is -3.50. The van der Waals surface area contributed by atoms with Gasteiger partial charge in [0.2, 0.25) is 15.9 Å². The first-order valence-corrected chi connectivity index (χ1v) is 9.09. The van der Waals surface area contributed by atoms with Gasteiger partial charge in [-0.2, -0.15) is 4.31 Å². The number of nitrogens with one attached hydrogen (secondary N) is 1. The summed E-state index contributed by atoms with van der Waals surface area (Å²) < 4.78 is 35.8. The van der Waals surface area contributed by atoms with Crippen LogP contribution in [0.4, 0.5) is 5.69 Å². The third-order valence-electron chi connectivity index (χ3n) is 3.26. The quantitative estimate of drug-likeness (QED) is 0.895. The van der Waals surface area contributed by atoms with Crippen LogP contribution in [0, 0.1) is 0 Å². The molecule has 128 valence electrons. The zero-order valence-electron chi connectivity index (χ0n) is 13.8. The molecule has 1 amide bonds. The minimum Gasteiger partial charge on any atom is -0.486 e. The van der Waals surface area contributed by atoms with Gasteiger partial charge in [0.05, 0.1) is 12.8 Å². The van der Waals surface area contributed by atoms with Crippen molar-refractivity contribution in [3.63, 3.8) is 0 Å². The highest BCUT2D eigenvalue weighted by Crippen LogP contribution is 2.32. The van der Waals surface area contributed by atoms with Gasteiger partial charge in [-0.3, -0.25) is 4.79 Å². The molecule has 1 aliphatic rings. The number of ether oxygens (including phenoxy) is 2. The summed E-state index contributed by atoms with van der Waals surface area (Å²) in [5.41, 5.74) is -0.154. The molecular weight excluding hydrogens is 320 g/mol. The number of anilines is 1. The highest BCUT2D eigenvalue weighted by atomic mass is 32.2. The summed E-state index contributed by atoms with van der Waals surface area (Å²) >= 11 is 0. The molecule has 1 aromatic rings. The van der Waals surface area contributed by atoms with E-state index in [1.165, 1.54) is 0 Å². The maximum atomic E-state index is 12.2. The van der Waals surface area contributed by atoms with Crippen molar-refractivity contribution < 1.29 is 22.7 Å². The van der Waals surface area contributed by atoms with Crippen molar-refractivity contribution in [2.75, 3.05) is 31.3 Å². The van der Waals surface area contributed by atoms with E-state index in [2.05, 4.69) is 5.32 Å². The van der Waals surface area contributed by atoms with Crippen LogP contribution in [0.1, 0.15) is 20.8 Å². The molecule has 0 spiro atoms. The van der Waals surface area contributed by atoms with Gasteiger partial charge in [0, 0.05) is 17.3 Å². The molecule has 0 bridgehead atoms. The van der Waals surface area contributed by atoms with Crippen molar-refractivity contribution in [3.05, 3.63) is 18.2 Å². The smallest absolute Gasteiger partial charge is 0.239 e. The Labute approximate surface area is 136 Å². The van der Waals surface area contributed by atoms with E-state index in [1.807, 2.05) is 0 Å². The maximum Gasteiger partial charge on any atom is 0.239 e. The summed E-state index contributed by atoms with van der Waals surface area (Å²) in [6, 6.07) is 5.06. The number of carbonyl (C=O) groups is 1. The Bertz CT molecular complexity index is 694. The molecule has 0 aromatic heterocycles. The lowest BCUT2D eigenvalue weighted by Crippen LogP contribution is -2.48. The van der Waals surface area contributed by atoms with E-state index in [0.29, 0.717) is 30.4 Å². The molecule has 23 heavy (non-hydrogen) atoms. The van der Waals surface area contributed by atoms with Crippen molar-refractivity contribution in [2.24, 2.45) is 0 Å². The van der Waals surface area contributed by atoms with Crippen molar-refractivity contribution in [2.45, 2.75) is 26.3 Å². The molecule has 0 unspecified atom stereocenters. The van der Waals surface area contributed by atoms with Gasteiger partial charge in [0.1, 0.15) is 13.2 Å². The molecule has 0 saturated heterocycles. The van der Waals surface area contributed by atoms with Crippen LogP contribution in [-0.2, 0) is 14.8 Å². The van der Waals surface area contributed by atoms with Crippen LogP contribution in [-0.4, -0.2) is 50.2 Å². The number of amides is 1. The molecule has 8 heteroatoms. The molecule has 0 fully saturated rings. The second kappa shape index (κ2) is 6.37. The molecule has 1 aliphatic heterocycles. The molecular formula is C15H22N2O5S. The Morgan fingerprint density at radius 1 is 1.22 bits per heavy atom. The highest BCUT2D eigenvalue weighted by Gasteiger charge is 2.31. The van der Waals surface area contributed by atoms with Gasteiger partial charge in [-0.15, -0.1) is 0 Å². The van der Waals surface area contributed by atoms with E-state index in [-0.39, 0.29) is 6.54 Å². The topological polar surface area (TPSA) is 84.9 Å². The van der Waals surface area contributed by atoms with Crippen LogP contribution in [0.25, 0.3) is 0 Å². The third-order valence-corrected chi connectivity index (χ3v) is 4.74. The molecule has 2 rings (SSSR count). The molecule has 0 saturated carbocycles. The average Bonchev–Trinajstić information content (AvgIpc) is 2.42. The van der Waals surface area contributed by atoms with Gasteiger partial charge in [-0.1, -0.05) is 0 Å². The standard InChI is InChI=1S/C15H22N2O5S/c1-15(2,3)17(23(4,19)20)10-14(18)16-11-5-6-12-13(9-11)22-8-7-21-12/h5-6,9H,7-8,10H2,1-4H3,(H,16,18). The van der Waals surface area contributed by atoms with Gasteiger partial charge in [0.25, 0.3) is 0 Å². The molecule has 1 N–H and O–H groups in total.